The van der Waals surface area contributed by atoms with Gasteiger partial charge in [-0.15, -0.1) is 0 Å². The van der Waals surface area contributed by atoms with Crippen LogP contribution in [0.15, 0.2) is 34.8 Å². The van der Waals surface area contributed by atoms with Crippen molar-refractivity contribution in [1.29, 1.82) is 0 Å². The van der Waals surface area contributed by atoms with Crippen molar-refractivity contribution in [3.63, 3.8) is 0 Å². The van der Waals surface area contributed by atoms with E-state index in [9.17, 15) is 10.1 Å². The Balaban J connectivity index is 2.19. The first-order valence-corrected chi connectivity index (χ1v) is 7.51. The van der Waals surface area contributed by atoms with Crippen LogP contribution < -0.4 is 4.74 Å². The fraction of sp³-hybridized carbons (Fsp3) is 0.0769. The number of nitrogens with zero attached hydrogens (tertiary/aromatic N) is 1. The zero-order valence-electron chi connectivity index (χ0n) is 10.3. The summed E-state index contributed by atoms with van der Waals surface area (Å²) in [6.07, 6.45) is 0. The number of hydrogen-bond donors (Lipinski definition) is 0. The maximum atomic E-state index is 10.9. The Morgan fingerprint density at radius 2 is 1.76 bits per heavy atom. The quantitative estimate of drug-likeness (QED) is 0.358. The lowest BCUT2D eigenvalue weighted by Gasteiger charge is -2.09. The lowest BCUT2D eigenvalue weighted by atomic mass is 10.2. The third kappa shape index (κ3) is 4.01. The van der Waals surface area contributed by atoms with Gasteiger partial charge in [0.1, 0.15) is 12.4 Å². The zero-order chi connectivity index (χ0) is 15.6. The van der Waals surface area contributed by atoms with Gasteiger partial charge in [-0.3, -0.25) is 10.1 Å². The second kappa shape index (κ2) is 6.83. The van der Waals surface area contributed by atoms with Crippen molar-refractivity contribution in [1.82, 2.24) is 0 Å². The standard InChI is InChI=1S/C13H7BrCl3NO3/c14-8-2-1-7(3-12(8)18(19)20)6-21-13-5-10(16)9(15)4-11(13)17/h1-5H,6H2. The van der Waals surface area contributed by atoms with Gasteiger partial charge in [-0.25, -0.2) is 0 Å². The van der Waals surface area contributed by atoms with Crippen molar-refractivity contribution in [3.05, 3.63) is 65.6 Å². The van der Waals surface area contributed by atoms with E-state index < -0.39 is 4.92 Å². The molecule has 0 saturated carbocycles. The molecule has 0 unspecified atom stereocenters. The van der Waals surface area contributed by atoms with Crippen LogP contribution in [0, 0.1) is 10.1 Å². The maximum absolute atomic E-state index is 10.9. The van der Waals surface area contributed by atoms with E-state index in [-0.39, 0.29) is 12.3 Å². The van der Waals surface area contributed by atoms with Crippen molar-refractivity contribution in [2.24, 2.45) is 0 Å². The topological polar surface area (TPSA) is 52.4 Å². The van der Waals surface area contributed by atoms with Crippen LogP contribution in [0.3, 0.4) is 0 Å². The molecule has 0 aliphatic carbocycles. The van der Waals surface area contributed by atoms with E-state index in [1.165, 1.54) is 18.2 Å². The molecule has 2 rings (SSSR count). The molecule has 0 N–H and O–H groups in total. The third-order valence-corrected chi connectivity index (χ3v) is 4.26. The molecule has 0 fully saturated rings. The molecule has 0 heterocycles. The fourth-order valence-corrected chi connectivity index (χ4v) is 2.55. The van der Waals surface area contributed by atoms with Gasteiger partial charge < -0.3 is 4.74 Å². The predicted octanol–water partition coefficient (Wildman–Crippen LogP) is 5.90. The summed E-state index contributed by atoms with van der Waals surface area (Å²) in [5, 5.41) is 11.8. The van der Waals surface area contributed by atoms with Crippen LogP contribution in [0.25, 0.3) is 0 Å². The van der Waals surface area contributed by atoms with Gasteiger partial charge in [-0.2, -0.15) is 0 Å². The summed E-state index contributed by atoms with van der Waals surface area (Å²) in [7, 11) is 0. The van der Waals surface area contributed by atoms with Gasteiger partial charge in [-0.05, 0) is 33.6 Å². The van der Waals surface area contributed by atoms with Gasteiger partial charge in [0.05, 0.1) is 24.5 Å². The van der Waals surface area contributed by atoms with Gasteiger partial charge in [0, 0.05) is 12.1 Å². The Bertz CT molecular complexity index is 709. The Morgan fingerprint density at radius 3 is 2.43 bits per heavy atom. The molecule has 4 nitrogen and oxygen atoms in total. The molecular weight excluding hydrogens is 404 g/mol. The van der Waals surface area contributed by atoms with Crippen LogP contribution in [0.5, 0.6) is 5.75 Å². The van der Waals surface area contributed by atoms with Crippen molar-refractivity contribution in [2.45, 2.75) is 6.61 Å². The summed E-state index contributed by atoms with van der Waals surface area (Å²) in [6.45, 7) is 0.117. The number of nitro groups is 1. The van der Waals surface area contributed by atoms with E-state index in [1.807, 2.05) is 0 Å². The summed E-state index contributed by atoms with van der Waals surface area (Å²) in [6, 6.07) is 7.70. The molecular formula is C13H7BrCl3NO3. The minimum Gasteiger partial charge on any atom is -0.487 e. The lowest BCUT2D eigenvalue weighted by molar-refractivity contribution is -0.385. The predicted molar refractivity (Wildman–Crippen MR) is 86.6 cm³/mol. The van der Waals surface area contributed by atoms with Gasteiger partial charge >= 0.3 is 0 Å². The molecule has 0 saturated heterocycles. The summed E-state index contributed by atoms with van der Waals surface area (Å²) in [4.78, 5) is 10.4. The molecule has 8 heteroatoms. The third-order valence-electron chi connectivity index (χ3n) is 2.58. The smallest absolute Gasteiger partial charge is 0.283 e. The highest BCUT2D eigenvalue weighted by molar-refractivity contribution is 9.10. The van der Waals surface area contributed by atoms with E-state index in [4.69, 9.17) is 39.5 Å². The van der Waals surface area contributed by atoms with E-state index in [1.54, 1.807) is 12.1 Å². The molecule has 0 aliphatic heterocycles. The maximum Gasteiger partial charge on any atom is 0.283 e. The first-order valence-electron chi connectivity index (χ1n) is 5.58. The first-order chi connectivity index (χ1) is 9.88. The molecule has 0 radical (unpaired) electrons. The normalized spacial score (nSPS) is 10.5. The molecule has 0 amide bonds. The highest BCUT2D eigenvalue weighted by Gasteiger charge is 2.13. The Morgan fingerprint density at radius 1 is 1.10 bits per heavy atom. The molecule has 0 bridgehead atoms. The fourth-order valence-electron chi connectivity index (χ4n) is 1.56. The summed E-state index contributed by atoms with van der Waals surface area (Å²) < 4.78 is 5.93. The second-order valence-corrected chi connectivity index (χ2v) is 6.10. The number of halogens is 4. The molecule has 110 valence electrons. The summed E-state index contributed by atoms with van der Waals surface area (Å²) >= 11 is 20.8. The van der Waals surface area contributed by atoms with E-state index in [0.29, 0.717) is 30.9 Å². The minimum atomic E-state index is -0.472. The van der Waals surface area contributed by atoms with Gasteiger partial charge in [-0.1, -0.05) is 40.9 Å². The molecule has 2 aromatic rings. The average Bonchev–Trinajstić information content (AvgIpc) is 2.42. The van der Waals surface area contributed by atoms with Crippen molar-refractivity contribution in [3.8, 4) is 5.75 Å². The lowest BCUT2D eigenvalue weighted by Crippen LogP contribution is -1.98. The number of hydrogen-bond acceptors (Lipinski definition) is 3. The number of benzene rings is 2. The first kappa shape index (κ1) is 16.4. The van der Waals surface area contributed by atoms with Crippen LogP contribution in [-0.2, 0) is 6.61 Å². The van der Waals surface area contributed by atoms with Gasteiger partial charge in [0.2, 0.25) is 0 Å². The minimum absolute atomic E-state index is 0.0312. The molecule has 0 aromatic heterocycles. The van der Waals surface area contributed by atoms with E-state index in [2.05, 4.69) is 15.9 Å². The van der Waals surface area contributed by atoms with Gasteiger partial charge in [0.25, 0.3) is 5.69 Å². The summed E-state index contributed by atoms with van der Waals surface area (Å²) in [5.41, 5.74) is 0.600. The Kier molecular flexibility index (Phi) is 5.32. The monoisotopic (exact) mass is 409 g/mol. The molecule has 2 aromatic carbocycles. The number of ether oxygens (including phenoxy) is 1. The molecule has 0 spiro atoms. The molecule has 21 heavy (non-hydrogen) atoms. The van der Waals surface area contributed by atoms with Crippen LogP contribution in [0.1, 0.15) is 5.56 Å². The SMILES string of the molecule is O=[N+]([O-])c1cc(COc2cc(Cl)c(Cl)cc2Cl)ccc1Br. The van der Waals surface area contributed by atoms with Crippen molar-refractivity contribution >= 4 is 56.4 Å². The Hall–Kier alpha value is -1.01. The highest BCUT2D eigenvalue weighted by Crippen LogP contribution is 2.34. The second-order valence-electron chi connectivity index (χ2n) is 4.03. The van der Waals surface area contributed by atoms with Crippen LogP contribution in [0.2, 0.25) is 15.1 Å². The molecule has 0 atom stereocenters. The number of rotatable bonds is 4. The van der Waals surface area contributed by atoms with Gasteiger partial charge in [0.15, 0.2) is 0 Å². The van der Waals surface area contributed by atoms with Crippen molar-refractivity contribution in [2.75, 3.05) is 0 Å². The number of nitro benzene ring substituents is 1. The highest BCUT2D eigenvalue weighted by atomic mass is 79.9. The zero-order valence-corrected chi connectivity index (χ0v) is 14.1. The van der Waals surface area contributed by atoms with E-state index in [0.717, 1.165) is 0 Å². The van der Waals surface area contributed by atoms with Crippen LogP contribution >= 0.6 is 50.7 Å². The van der Waals surface area contributed by atoms with Crippen LogP contribution in [-0.4, -0.2) is 4.92 Å². The largest absolute Gasteiger partial charge is 0.487 e. The Labute approximate surface area is 143 Å². The molecule has 0 aliphatic rings. The average molecular weight is 411 g/mol. The van der Waals surface area contributed by atoms with Crippen LogP contribution in [0.4, 0.5) is 5.69 Å². The van der Waals surface area contributed by atoms with E-state index >= 15 is 0 Å². The summed E-state index contributed by atoms with van der Waals surface area (Å²) in [5.74, 6) is 0.358. The van der Waals surface area contributed by atoms with Crippen molar-refractivity contribution < 1.29 is 9.66 Å².